The summed E-state index contributed by atoms with van der Waals surface area (Å²) in [6, 6.07) is 10.0. The lowest BCUT2D eigenvalue weighted by molar-refractivity contribution is 0.305. The molecule has 30 heavy (non-hydrogen) atoms. The molecule has 2 heterocycles. The van der Waals surface area contributed by atoms with Crippen LogP contribution in [0.1, 0.15) is 37.7 Å². The minimum absolute atomic E-state index is 0.228. The van der Waals surface area contributed by atoms with Gasteiger partial charge in [-0.3, -0.25) is 4.90 Å². The van der Waals surface area contributed by atoms with Gasteiger partial charge in [-0.2, -0.15) is 9.79 Å². The second-order valence-electron chi connectivity index (χ2n) is 7.91. The molecule has 5 rings (SSSR count). The highest BCUT2D eigenvalue weighted by Gasteiger charge is 2.43. The Bertz CT molecular complexity index is 1170. The Labute approximate surface area is 173 Å². The van der Waals surface area contributed by atoms with Crippen molar-refractivity contribution in [2.75, 3.05) is 4.90 Å². The molecule has 0 radical (unpaired) electrons. The van der Waals surface area contributed by atoms with Crippen LogP contribution in [0.3, 0.4) is 0 Å². The fraction of sp³-hybridized carbons (Fsp3) is 0.333. The molecule has 2 aliphatic rings. The van der Waals surface area contributed by atoms with Gasteiger partial charge >= 0.3 is 0 Å². The molecule has 154 valence electrons. The molecule has 1 aromatic heterocycles. The van der Waals surface area contributed by atoms with E-state index in [9.17, 15) is 4.39 Å². The number of rotatable bonds is 2. The van der Waals surface area contributed by atoms with Crippen LogP contribution in [0.25, 0.3) is 16.7 Å². The number of nitrogens with two attached hydrogens (primary N) is 2. The van der Waals surface area contributed by atoms with Crippen molar-refractivity contribution in [3.8, 4) is 5.69 Å². The van der Waals surface area contributed by atoms with Crippen molar-refractivity contribution in [3.05, 3.63) is 47.8 Å². The first-order valence-electron chi connectivity index (χ1n) is 10.1. The first-order chi connectivity index (χ1) is 14.4. The maximum absolute atomic E-state index is 13.3. The Kier molecular flexibility index (Phi) is 4.19. The maximum Gasteiger partial charge on any atom is 0.220 e. The van der Waals surface area contributed by atoms with E-state index in [-0.39, 0.29) is 11.8 Å². The number of aliphatic imine (C=N–C) groups is 2. The minimum atomic E-state index is -0.514. The van der Waals surface area contributed by atoms with E-state index in [1.807, 2.05) is 24.0 Å². The maximum atomic E-state index is 13.3. The zero-order valence-electron chi connectivity index (χ0n) is 16.7. The summed E-state index contributed by atoms with van der Waals surface area (Å²) in [6.07, 6.45) is 5.02. The Morgan fingerprint density at radius 1 is 0.967 bits per heavy atom. The molecule has 4 N–H and O–H groups in total. The van der Waals surface area contributed by atoms with Gasteiger partial charge in [-0.1, -0.05) is 6.42 Å². The average molecular weight is 406 g/mol. The SMILES string of the molecule is Cc1cc2nn(-c3ccc(F)cc3)nc2cc1N1C(N)=NC(N)=NC12CCCCC2. The van der Waals surface area contributed by atoms with Crippen molar-refractivity contribution in [1.82, 2.24) is 15.0 Å². The smallest absolute Gasteiger partial charge is 0.220 e. The van der Waals surface area contributed by atoms with Crippen molar-refractivity contribution >= 4 is 28.6 Å². The van der Waals surface area contributed by atoms with Crippen LogP contribution in [0.2, 0.25) is 0 Å². The highest BCUT2D eigenvalue weighted by atomic mass is 19.1. The van der Waals surface area contributed by atoms with Crippen LogP contribution in [-0.2, 0) is 0 Å². The molecule has 0 atom stereocenters. The lowest BCUT2D eigenvalue weighted by Gasteiger charge is -2.46. The van der Waals surface area contributed by atoms with Crippen LogP contribution >= 0.6 is 0 Å². The molecule has 0 unspecified atom stereocenters. The monoisotopic (exact) mass is 406 g/mol. The van der Waals surface area contributed by atoms with Crippen molar-refractivity contribution in [2.24, 2.45) is 21.5 Å². The van der Waals surface area contributed by atoms with Gasteiger partial charge in [-0.25, -0.2) is 9.38 Å². The molecule has 3 aromatic rings. The largest absolute Gasteiger partial charge is 0.369 e. The van der Waals surface area contributed by atoms with Gasteiger partial charge in [0, 0.05) is 0 Å². The molecule has 1 saturated carbocycles. The molecule has 1 aliphatic heterocycles. The zero-order chi connectivity index (χ0) is 20.9. The van der Waals surface area contributed by atoms with E-state index in [4.69, 9.17) is 16.5 Å². The quantitative estimate of drug-likeness (QED) is 0.680. The van der Waals surface area contributed by atoms with E-state index >= 15 is 0 Å². The molecule has 1 aliphatic carbocycles. The number of nitrogens with zero attached hydrogens (tertiary/aromatic N) is 6. The van der Waals surface area contributed by atoms with Crippen LogP contribution in [0.5, 0.6) is 0 Å². The number of aryl methyl sites for hydroxylation is 1. The molecule has 8 nitrogen and oxygen atoms in total. The molecule has 1 spiro atoms. The number of aromatic nitrogens is 3. The molecule has 0 amide bonds. The number of anilines is 1. The summed E-state index contributed by atoms with van der Waals surface area (Å²) in [7, 11) is 0. The first-order valence-corrected chi connectivity index (χ1v) is 10.1. The summed E-state index contributed by atoms with van der Waals surface area (Å²) in [5.41, 5.74) is 15.9. The second-order valence-corrected chi connectivity index (χ2v) is 7.91. The van der Waals surface area contributed by atoms with E-state index in [0.29, 0.717) is 17.2 Å². The van der Waals surface area contributed by atoms with E-state index in [2.05, 4.69) is 15.2 Å². The summed E-state index contributed by atoms with van der Waals surface area (Å²) in [4.78, 5) is 12.5. The van der Waals surface area contributed by atoms with Crippen LogP contribution in [0.15, 0.2) is 46.4 Å². The Balaban J connectivity index is 1.62. The summed E-state index contributed by atoms with van der Waals surface area (Å²) in [6.45, 7) is 2.01. The summed E-state index contributed by atoms with van der Waals surface area (Å²) in [5.74, 6) is 0.274. The molecular formula is C21H23FN8. The zero-order valence-corrected chi connectivity index (χ0v) is 16.7. The molecule has 0 saturated heterocycles. The standard InChI is InChI=1S/C21H23FN8/c1-13-11-16-17(28-30(27-16)15-7-5-14(22)6-8-15)12-18(13)29-20(24)25-19(23)26-21(29)9-3-2-4-10-21/h5-8,11-12H,2-4,9-10H2,1H3,(H4,23,24,25,26). The van der Waals surface area contributed by atoms with E-state index < -0.39 is 5.66 Å². The number of hydrogen-bond donors (Lipinski definition) is 2. The second kappa shape index (κ2) is 6.79. The Morgan fingerprint density at radius 3 is 2.33 bits per heavy atom. The lowest BCUT2D eigenvalue weighted by Crippen LogP contribution is -2.58. The topological polar surface area (TPSA) is 111 Å². The number of guanidine groups is 2. The van der Waals surface area contributed by atoms with Crippen molar-refractivity contribution in [2.45, 2.75) is 44.7 Å². The fourth-order valence-corrected chi connectivity index (χ4v) is 4.46. The van der Waals surface area contributed by atoms with E-state index in [1.54, 1.807) is 12.1 Å². The first kappa shape index (κ1) is 18.5. The van der Waals surface area contributed by atoms with Crippen LogP contribution in [-0.4, -0.2) is 32.6 Å². The average Bonchev–Trinajstić information content (AvgIpc) is 3.11. The summed E-state index contributed by atoms with van der Waals surface area (Å²) >= 11 is 0. The van der Waals surface area contributed by atoms with Crippen LogP contribution < -0.4 is 16.4 Å². The van der Waals surface area contributed by atoms with Gasteiger partial charge in [0.2, 0.25) is 11.9 Å². The molecular weight excluding hydrogens is 383 g/mol. The number of benzene rings is 2. The fourth-order valence-electron chi connectivity index (χ4n) is 4.46. The minimum Gasteiger partial charge on any atom is -0.369 e. The third kappa shape index (κ3) is 2.97. The van der Waals surface area contributed by atoms with E-state index in [0.717, 1.165) is 42.5 Å². The molecule has 0 bridgehead atoms. The lowest BCUT2D eigenvalue weighted by atomic mass is 9.87. The molecule has 1 fully saturated rings. The van der Waals surface area contributed by atoms with Gasteiger partial charge in [0.15, 0.2) is 0 Å². The van der Waals surface area contributed by atoms with Gasteiger partial charge < -0.3 is 11.5 Å². The van der Waals surface area contributed by atoms with Crippen molar-refractivity contribution < 1.29 is 4.39 Å². The van der Waals surface area contributed by atoms with Gasteiger partial charge in [-0.05, 0) is 74.6 Å². The third-order valence-corrected chi connectivity index (χ3v) is 5.85. The van der Waals surface area contributed by atoms with Gasteiger partial charge in [0.05, 0.1) is 11.4 Å². The van der Waals surface area contributed by atoms with Gasteiger partial charge in [-0.15, -0.1) is 10.2 Å². The molecule has 2 aromatic carbocycles. The predicted molar refractivity (Wildman–Crippen MR) is 115 cm³/mol. The number of fused-ring (bicyclic) bond motifs is 1. The summed E-state index contributed by atoms with van der Waals surface area (Å²) in [5, 5.41) is 9.15. The van der Waals surface area contributed by atoms with Crippen LogP contribution in [0.4, 0.5) is 10.1 Å². The Morgan fingerprint density at radius 2 is 1.63 bits per heavy atom. The third-order valence-electron chi connectivity index (χ3n) is 5.85. The van der Waals surface area contributed by atoms with Crippen LogP contribution in [0, 0.1) is 12.7 Å². The predicted octanol–water partition coefficient (Wildman–Crippen LogP) is 2.98. The van der Waals surface area contributed by atoms with Crippen molar-refractivity contribution in [3.63, 3.8) is 0 Å². The Hall–Kier alpha value is -3.49. The van der Waals surface area contributed by atoms with Crippen molar-refractivity contribution in [1.29, 1.82) is 0 Å². The number of halogens is 1. The summed E-state index contributed by atoms with van der Waals surface area (Å²) < 4.78 is 13.3. The van der Waals surface area contributed by atoms with Gasteiger partial charge in [0.1, 0.15) is 22.5 Å². The molecule has 9 heteroatoms. The van der Waals surface area contributed by atoms with E-state index in [1.165, 1.54) is 23.4 Å². The van der Waals surface area contributed by atoms with Gasteiger partial charge in [0.25, 0.3) is 0 Å². The highest BCUT2D eigenvalue weighted by molar-refractivity contribution is 6.06. The highest BCUT2D eigenvalue weighted by Crippen LogP contribution is 2.41. The normalized spacial score (nSPS) is 18.5. The number of hydrogen-bond acceptors (Lipinski definition) is 7.